The Bertz CT molecular complexity index is 1210. The van der Waals surface area contributed by atoms with Gasteiger partial charge in [0.2, 0.25) is 5.56 Å². The van der Waals surface area contributed by atoms with Gasteiger partial charge < -0.3 is 24.1 Å². The number of hydrogen-bond donors (Lipinski definition) is 2. The van der Waals surface area contributed by atoms with Crippen molar-refractivity contribution in [3.05, 3.63) is 94.5 Å². The molecule has 1 unspecified atom stereocenters. The van der Waals surface area contributed by atoms with Crippen LogP contribution in [-0.2, 0) is 19.4 Å². The van der Waals surface area contributed by atoms with Crippen LogP contribution in [0.15, 0.2) is 77.7 Å². The van der Waals surface area contributed by atoms with Crippen molar-refractivity contribution in [3.8, 4) is 11.5 Å². The molecule has 0 aliphatic rings. The van der Waals surface area contributed by atoms with Crippen LogP contribution in [0.1, 0.15) is 18.2 Å². The highest BCUT2D eigenvalue weighted by Gasteiger charge is 2.14. The van der Waals surface area contributed by atoms with Crippen LogP contribution < -0.4 is 15.0 Å². The quantitative estimate of drug-likeness (QED) is 0.398. The van der Waals surface area contributed by atoms with Gasteiger partial charge in [-0.15, -0.1) is 0 Å². The molecule has 2 aromatic carbocycles. The van der Waals surface area contributed by atoms with E-state index >= 15 is 0 Å². The average Bonchev–Trinajstić information content (AvgIpc) is 3.19. The summed E-state index contributed by atoms with van der Waals surface area (Å²) in [5.74, 6) is 1.51. The number of nitrogens with one attached hydrogen (secondary N) is 1. The maximum Gasteiger partial charge on any atom is 0.248 e. The van der Waals surface area contributed by atoms with Crippen molar-refractivity contribution in [2.24, 2.45) is 0 Å². The first kappa shape index (κ1) is 21.7. The number of aromatic amines is 1. The van der Waals surface area contributed by atoms with Crippen molar-refractivity contribution >= 4 is 10.9 Å². The molecule has 0 amide bonds. The van der Waals surface area contributed by atoms with Crippen LogP contribution in [-0.4, -0.2) is 34.0 Å². The first-order chi connectivity index (χ1) is 15.6. The van der Waals surface area contributed by atoms with Gasteiger partial charge >= 0.3 is 0 Å². The Balaban J connectivity index is 1.36. The molecule has 0 saturated heterocycles. The van der Waals surface area contributed by atoms with Crippen molar-refractivity contribution < 1.29 is 14.6 Å². The lowest BCUT2D eigenvalue weighted by atomic mass is 10.1. The summed E-state index contributed by atoms with van der Waals surface area (Å²) in [6.45, 7) is 3.57. The molecule has 0 bridgehead atoms. The monoisotopic (exact) mass is 432 g/mol. The van der Waals surface area contributed by atoms with Gasteiger partial charge in [0.1, 0.15) is 24.7 Å². The number of nitrogens with zero attached hydrogens (tertiary/aromatic N) is 1. The minimum atomic E-state index is -0.643. The molecule has 6 heteroatoms. The molecule has 4 rings (SSSR count). The molecule has 0 saturated carbocycles. The summed E-state index contributed by atoms with van der Waals surface area (Å²) in [4.78, 5) is 14.2. The van der Waals surface area contributed by atoms with Gasteiger partial charge in [0.25, 0.3) is 0 Å². The van der Waals surface area contributed by atoms with Crippen molar-refractivity contribution in [1.82, 2.24) is 9.55 Å². The minimum absolute atomic E-state index is 0.134. The van der Waals surface area contributed by atoms with Gasteiger partial charge in [-0.3, -0.25) is 4.79 Å². The lowest BCUT2D eigenvalue weighted by molar-refractivity contribution is 0.106. The van der Waals surface area contributed by atoms with E-state index in [9.17, 15) is 9.90 Å². The van der Waals surface area contributed by atoms with Crippen LogP contribution in [0.3, 0.4) is 0 Å². The fraction of sp³-hybridized carbons (Fsp3) is 0.269. The third-order valence-corrected chi connectivity index (χ3v) is 5.46. The van der Waals surface area contributed by atoms with Gasteiger partial charge in [-0.25, -0.2) is 0 Å². The van der Waals surface area contributed by atoms with E-state index < -0.39 is 6.10 Å². The Morgan fingerprint density at radius 2 is 1.84 bits per heavy atom. The molecule has 32 heavy (non-hydrogen) atoms. The van der Waals surface area contributed by atoms with E-state index in [4.69, 9.17) is 9.47 Å². The molecule has 2 aromatic heterocycles. The van der Waals surface area contributed by atoms with E-state index in [1.54, 1.807) is 12.1 Å². The highest BCUT2D eigenvalue weighted by atomic mass is 16.5. The predicted octanol–water partition coefficient (Wildman–Crippen LogP) is 3.95. The maximum absolute atomic E-state index is 11.4. The Kier molecular flexibility index (Phi) is 6.92. The summed E-state index contributed by atoms with van der Waals surface area (Å²) in [6, 6.07) is 20.6. The molecule has 0 aliphatic heterocycles. The molecular weight excluding hydrogens is 404 g/mol. The van der Waals surface area contributed by atoms with E-state index in [2.05, 4.69) is 28.7 Å². The molecule has 0 fully saturated rings. The van der Waals surface area contributed by atoms with Crippen LogP contribution in [0.2, 0.25) is 0 Å². The Morgan fingerprint density at radius 3 is 2.66 bits per heavy atom. The second kappa shape index (κ2) is 10.2. The molecule has 166 valence electrons. The van der Waals surface area contributed by atoms with Gasteiger partial charge in [0.15, 0.2) is 0 Å². The van der Waals surface area contributed by atoms with Gasteiger partial charge in [-0.1, -0.05) is 25.1 Å². The van der Waals surface area contributed by atoms with E-state index in [0.29, 0.717) is 25.3 Å². The number of aryl methyl sites for hydroxylation is 1. The molecule has 1 atom stereocenters. The third kappa shape index (κ3) is 5.39. The lowest BCUT2D eigenvalue weighted by Gasteiger charge is -2.17. The smallest absolute Gasteiger partial charge is 0.248 e. The van der Waals surface area contributed by atoms with E-state index in [-0.39, 0.29) is 12.2 Å². The largest absolute Gasteiger partial charge is 0.492 e. The molecule has 6 nitrogen and oxygen atoms in total. The van der Waals surface area contributed by atoms with Crippen LogP contribution in [0.25, 0.3) is 10.9 Å². The van der Waals surface area contributed by atoms with E-state index in [0.717, 1.165) is 28.8 Å². The highest BCUT2D eigenvalue weighted by molar-refractivity contribution is 5.79. The van der Waals surface area contributed by atoms with E-state index in [1.165, 1.54) is 11.6 Å². The molecule has 0 aliphatic carbocycles. The van der Waals surface area contributed by atoms with Crippen LogP contribution >= 0.6 is 0 Å². The lowest BCUT2D eigenvalue weighted by Crippen LogP contribution is -2.23. The fourth-order valence-corrected chi connectivity index (χ4v) is 3.81. The Labute approximate surface area is 187 Å². The second-order valence-corrected chi connectivity index (χ2v) is 7.74. The first-order valence-corrected chi connectivity index (χ1v) is 10.9. The molecule has 4 aromatic rings. The summed E-state index contributed by atoms with van der Waals surface area (Å²) in [5, 5.41) is 11.5. The normalized spacial score (nSPS) is 12.1. The number of pyridine rings is 1. The van der Waals surface area contributed by atoms with Gasteiger partial charge in [0, 0.05) is 35.3 Å². The Morgan fingerprint density at radius 1 is 1.00 bits per heavy atom. The zero-order valence-electron chi connectivity index (χ0n) is 18.2. The number of fused-ring (bicyclic) bond motifs is 1. The molecule has 0 radical (unpaired) electrons. The zero-order chi connectivity index (χ0) is 22.3. The number of para-hydroxylation sites is 1. The number of benzene rings is 2. The van der Waals surface area contributed by atoms with Crippen LogP contribution in [0, 0.1) is 0 Å². The number of aliphatic hydroxyl groups is 1. The minimum Gasteiger partial charge on any atom is -0.492 e. The van der Waals surface area contributed by atoms with Crippen molar-refractivity contribution in [2.45, 2.75) is 32.4 Å². The Hall–Kier alpha value is -3.51. The van der Waals surface area contributed by atoms with Gasteiger partial charge in [-0.2, -0.15) is 0 Å². The van der Waals surface area contributed by atoms with Crippen molar-refractivity contribution in [3.63, 3.8) is 0 Å². The summed E-state index contributed by atoms with van der Waals surface area (Å²) < 4.78 is 13.8. The van der Waals surface area contributed by atoms with Crippen molar-refractivity contribution in [2.75, 3.05) is 13.2 Å². The SMILES string of the molecule is CCc1ccn(CCOc2ccccc2)c1CC(O)COc1ccc2[nH]c(=O)ccc2c1. The third-order valence-electron chi connectivity index (χ3n) is 5.46. The summed E-state index contributed by atoms with van der Waals surface area (Å²) >= 11 is 0. The van der Waals surface area contributed by atoms with Crippen LogP contribution in [0.5, 0.6) is 11.5 Å². The standard InChI is InChI=1S/C26H28N2O4/c1-2-19-12-13-28(14-15-31-22-6-4-3-5-7-22)25(19)17-21(29)18-32-23-9-10-24-20(16-23)8-11-26(30)27-24/h3-13,16,21,29H,2,14-15,17-18H2,1H3,(H,27,30). The maximum atomic E-state index is 11.4. The topological polar surface area (TPSA) is 76.5 Å². The molecular formula is C26H28N2O4. The summed E-state index contributed by atoms with van der Waals surface area (Å²) in [6.07, 6.45) is 2.82. The predicted molar refractivity (Wildman–Crippen MR) is 126 cm³/mol. The molecule has 0 spiro atoms. The number of rotatable bonds is 10. The van der Waals surface area contributed by atoms with E-state index in [1.807, 2.05) is 42.5 Å². The summed E-state index contributed by atoms with van der Waals surface area (Å²) in [5.41, 5.74) is 2.95. The van der Waals surface area contributed by atoms with Gasteiger partial charge in [0.05, 0.1) is 12.6 Å². The van der Waals surface area contributed by atoms with Crippen LogP contribution in [0.4, 0.5) is 0 Å². The average molecular weight is 433 g/mol. The fourth-order valence-electron chi connectivity index (χ4n) is 3.81. The second-order valence-electron chi connectivity index (χ2n) is 7.74. The number of H-pyrrole nitrogens is 1. The molecule has 2 N–H and O–H groups in total. The number of aliphatic hydroxyl groups excluding tert-OH is 1. The highest BCUT2D eigenvalue weighted by Crippen LogP contribution is 2.20. The molecule has 2 heterocycles. The number of hydrogen-bond acceptors (Lipinski definition) is 4. The first-order valence-electron chi connectivity index (χ1n) is 10.9. The van der Waals surface area contributed by atoms with Crippen molar-refractivity contribution in [1.29, 1.82) is 0 Å². The summed E-state index contributed by atoms with van der Waals surface area (Å²) in [7, 11) is 0. The van der Waals surface area contributed by atoms with Gasteiger partial charge in [-0.05, 0) is 54.4 Å². The number of ether oxygens (including phenoxy) is 2. The zero-order valence-corrected chi connectivity index (χ0v) is 18.2. The number of aromatic nitrogens is 2.